The summed E-state index contributed by atoms with van der Waals surface area (Å²) in [5.41, 5.74) is 7.46. The minimum Gasteiger partial charge on any atom is -0.395 e. The summed E-state index contributed by atoms with van der Waals surface area (Å²) in [5.74, 6) is 0. The van der Waals surface area contributed by atoms with Crippen LogP contribution < -0.4 is 5.73 Å². The molecule has 108 valence electrons. The van der Waals surface area contributed by atoms with E-state index in [1.165, 1.54) is 5.56 Å². The quantitative estimate of drug-likeness (QED) is 0.758. The van der Waals surface area contributed by atoms with Crippen molar-refractivity contribution in [2.45, 2.75) is 51.7 Å². The summed E-state index contributed by atoms with van der Waals surface area (Å²) in [7, 11) is 0. The lowest BCUT2D eigenvalue weighted by Crippen LogP contribution is -2.46. The Morgan fingerprint density at radius 3 is 2.16 bits per heavy atom. The molecule has 2 atom stereocenters. The molecule has 0 saturated carbocycles. The molecule has 1 aromatic carbocycles. The van der Waals surface area contributed by atoms with Crippen molar-refractivity contribution in [3.63, 3.8) is 0 Å². The van der Waals surface area contributed by atoms with E-state index in [0.717, 1.165) is 12.8 Å². The van der Waals surface area contributed by atoms with E-state index in [-0.39, 0.29) is 18.7 Å². The van der Waals surface area contributed by atoms with E-state index in [1.807, 2.05) is 13.0 Å². The zero-order valence-corrected chi connectivity index (χ0v) is 12.4. The first-order chi connectivity index (χ1) is 9.15. The number of benzene rings is 1. The maximum absolute atomic E-state index is 9.37. The molecule has 0 aromatic heterocycles. The average Bonchev–Trinajstić information content (AvgIpc) is 2.41. The fourth-order valence-electron chi connectivity index (χ4n) is 2.87. The van der Waals surface area contributed by atoms with Crippen molar-refractivity contribution >= 4 is 0 Å². The maximum atomic E-state index is 9.37. The lowest BCUT2D eigenvalue weighted by molar-refractivity contribution is 0.0852. The number of nitrogens with two attached hydrogens (primary N) is 1. The highest BCUT2D eigenvalue weighted by atomic mass is 16.3. The van der Waals surface area contributed by atoms with E-state index in [0.29, 0.717) is 12.6 Å². The Bertz CT molecular complexity index is 336. The average molecular weight is 264 g/mol. The van der Waals surface area contributed by atoms with Gasteiger partial charge in [-0.1, -0.05) is 44.2 Å². The normalized spacial score (nSPS) is 14.9. The van der Waals surface area contributed by atoms with E-state index in [1.54, 1.807) is 0 Å². The zero-order chi connectivity index (χ0) is 14.3. The molecule has 19 heavy (non-hydrogen) atoms. The second kappa shape index (κ2) is 8.31. The van der Waals surface area contributed by atoms with Crippen LogP contribution in [0.4, 0.5) is 0 Å². The van der Waals surface area contributed by atoms with Crippen molar-refractivity contribution in [1.29, 1.82) is 0 Å². The van der Waals surface area contributed by atoms with E-state index in [9.17, 15) is 5.11 Å². The van der Waals surface area contributed by atoms with Gasteiger partial charge in [-0.15, -0.1) is 0 Å². The molecule has 3 heteroatoms. The van der Waals surface area contributed by atoms with E-state index in [2.05, 4.69) is 43.0 Å². The summed E-state index contributed by atoms with van der Waals surface area (Å²) < 4.78 is 0. The number of aliphatic hydroxyl groups excluding tert-OH is 1. The largest absolute Gasteiger partial charge is 0.395 e. The highest BCUT2D eigenvalue weighted by Crippen LogP contribution is 2.27. The minimum absolute atomic E-state index is 0.0366. The molecule has 3 N–H and O–H groups in total. The van der Waals surface area contributed by atoms with Crippen LogP contribution in [-0.4, -0.2) is 35.2 Å². The Labute approximate surface area is 117 Å². The summed E-state index contributed by atoms with van der Waals surface area (Å²) in [5, 5.41) is 9.37. The third kappa shape index (κ3) is 4.30. The van der Waals surface area contributed by atoms with Crippen LogP contribution in [0.25, 0.3) is 0 Å². The van der Waals surface area contributed by atoms with Gasteiger partial charge in [0.25, 0.3) is 0 Å². The molecule has 0 spiro atoms. The molecule has 0 aliphatic heterocycles. The predicted molar refractivity (Wildman–Crippen MR) is 81.0 cm³/mol. The van der Waals surface area contributed by atoms with E-state index >= 15 is 0 Å². The van der Waals surface area contributed by atoms with Crippen LogP contribution in [0, 0.1) is 0 Å². The fraction of sp³-hybridized carbons (Fsp3) is 0.625. The van der Waals surface area contributed by atoms with Crippen molar-refractivity contribution < 1.29 is 5.11 Å². The van der Waals surface area contributed by atoms with Gasteiger partial charge in [-0.2, -0.15) is 0 Å². The molecule has 0 saturated heterocycles. The topological polar surface area (TPSA) is 49.5 Å². The second-order valence-corrected chi connectivity index (χ2v) is 5.15. The summed E-state index contributed by atoms with van der Waals surface area (Å²) in [6.07, 6.45) is 2.15. The summed E-state index contributed by atoms with van der Waals surface area (Å²) >= 11 is 0. The molecule has 0 aliphatic rings. The molecule has 0 bridgehead atoms. The van der Waals surface area contributed by atoms with Gasteiger partial charge in [0.15, 0.2) is 0 Å². The SMILES string of the molecule is CCC(CC)N(CCO)C(c1ccccc1)C(C)N. The van der Waals surface area contributed by atoms with Crippen molar-refractivity contribution in [2.75, 3.05) is 13.2 Å². The number of hydrogen-bond acceptors (Lipinski definition) is 3. The van der Waals surface area contributed by atoms with Crippen LogP contribution in [-0.2, 0) is 0 Å². The first kappa shape index (κ1) is 16.2. The molecule has 0 heterocycles. The first-order valence-electron chi connectivity index (χ1n) is 7.32. The van der Waals surface area contributed by atoms with Crippen LogP contribution in [0.2, 0.25) is 0 Å². The van der Waals surface area contributed by atoms with Gasteiger partial charge in [-0.25, -0.2) is 0 Å². The van der Waals surface area contributed by atoms with Crippen LogP contribution in [0.3, 0.4) is 0 Å². The Hall–Kier alpha value is -0.900. The summed E-state index contributed by atoms with van der Waals surface area (Å²) in [6, 6.07) is 11.0. The molecule has 0 amide bonds. The second-order valence-electron chi connectivity index (χ2n) is 5.15. The van der Waals surface area contributed by atoms with Crippen LogP contribution in [0.15, 0.2) is 30.3 Å². The third-order valence-electron chi connectivity index (χ3n) is 3.77. The van der Waals surface area contributed by atoms with Gasteiger partial charge in [-0.3, -0.25) is 4.90 Å². The smallest absolute Gasteiger partial charge is 0.0558 e. The fourth-order valence-corrected chi connectivity index (χ4v) is 2.87. The van der Waals surface area contributed by atoms with Crippen LogP contribution >= 0.6 is 0 Å². The van der Waals surface area contributed by atoms with Crippen molar-refractivity contribution in [1.82, 2.24) is 4.90 Å². The molecule has 0 aliphatic carbocycles. The van der Waals surface area contributed by atoms with Crippen molar-refractivity contribution in [2.24, 2.45) is 5.73 Å². The van der Waals surface area contributed by atoms with Gasteiger partial charge in [0.1, 0.15) is 0 Å². The molecular formula is C16H28N2O. The maximum Gasteiger partial charge on any atom is 0.0558 e. The monoisotopic (exact) mass is 264 g/mol. The first-order valence-corrected chi connectivity index (χ1v) is 7.32. The van der Waals surface area contributed by atoms with Gasteiger partial charge in [0.05, 0.1) is 6.61 Å². The van der Waals surface area contributed by atoms with Crippen molar-refractivity contribution in [3.05, 3.63) is 35.9 Å². The Morgan fingerprint density at radius 2 is 1.74 bits per heavy atom. The van der Waals surface area contributed by atoms with E-state index in [4.69, 9.17) is 5.73 Å². The molecule has 0 radical (unpaired) electrons. The molecule has 0 fully saturated rings. The number of rotatable bonds is 8. The zero-order valence-electron chi connectivity index (χ0n) is 12.4. The lowest BCUT2D eigenvalue weighted by Gasteiger charge is -2.39. The number of nitrogens with zero attached hydrogens (tertiary/aromatic N) is 1. The molecule has 1 aromatic rings. The van der Waals surface area contributed by atoms with Gasteiger partial charge < -0.3 is 10.8 Å². The molecular weight excluding hydrogens is 236 g/mol. The van der Waals surface area contributed by atoms with Crippen LogP contribution in [0.1, 0.15) is 45.2 Å². The predicted octanol–water partition coefficient (Wildman–Crippen LogP) is 2.56. The Morgan fingerprint density at radius 1 is 1.16 bits per heavy atom. The standard InChI is InChI=1S/C16H28N2O/c1-4-15(5-2)18(11-12-19)16(13(3)17)14-9-7-6-8-10-14/h6-10,13,15-16,19H,4-5,11-12,17H2,1-3H3. The highest BCUT2D eigenvalue weighted by Gasteiger charge is 2.27. The number of hydrogen-bond donors (Lipinski definition) is 2. The van der Waals surface area contributed by atoms with Gasteiger partial charge in [0.2, 0.25) is 0 Å². The van der Waals surface area contributed by atoms with Gasteiger partial charge in [0, 0.05) is 24.7 Å². The lowest BCUT2D eigenvalue weighted by atomic mass is 9.96. The third-order valence-corrected chi connectivity index (χ3v) is 3.77. The molecule has 3 nitrogen and oxygen atoms in total. The summed E-state index contributed by atoms with van der Waals surface area (Å²) in [4.78, 5) is 2.36. The molecule has 1 rings (SSSR count). The Balaban J connectivity index is 3.05. The van der Waals surface area contributed by atoms with Crippen LogP contribution in [0.5, 0.6) is 0 Å². The molecule has 2 unspecified atom stereocenters. The van der Waals surface area contributed by atoms with Crippen molar-refractivity contribution in [3.8, 4) is 0 Å². The van der Waals surface area contributed by atoms with E-state index < -0.39 is 0 Å². The number of aliphatic hydroxyl groups is 1. The van der Waals surface area contributed by atoms with Gasteiger partial charge in [-0.05, 0) is 25.3 Å². The summed E-state index contributed by atoms with van der Waals surface area (Å²) in [6.45, 7) is 7.29. The van der Waals surface area contributed by atoms with Gasteiger partial charge >= 0.3 is 0 Å². The highest BCUT2D eigenvalue weighted by molar-refractivity contribution is 5.20. The minimum atomic E-state index is 0.0366. The Kier molecular flexibility index (Phi) is 7.06.